The van der Waals surface area contributed by atoms with Crippen LogP contribution in [0.3, 0.4) is 0 Å². The lowest BCUT2D eigenvalue weighted by atomic mass is 10.1. The van der Waals surface area contributed by atoms with Crippen LogP contribution in [-0.4, -0.2) is 43.7 Å². The van der Waals surface area contributed by atoms with E-state index in [1.54, 1.807) is 21.3 Å². The second-order valence-electron chi connectivity index (χ2n) is 9.63. The van der Waals surface area contributed by atoms with Crippen LogP contribution in [0.1, 0.15) is 16.7 Å². The molecule has 0 saturated heterocycles. The molecule has 5 aromatic rings. The highest BCUT2D eigenvalue weighted by molar-refractivity contribution is 5.99. The normalized spacial score (nSPS) is 10.7. The van der Waals surface area contributed by atoms with Gasteiger partial charge in [-0.3, -0.25) is 10.00 Å². The summed E-state index contributed by atoms with van der Waals surface area (Å²) in [5.74, 6) is 3.36. The summed E-state index contributed by atoms with van der Waals surface area (Å²) in [5, 5.41) is 11.4. The number of nitrogens with zero attached hydrogens (tertiary/aromatic N) is 2. The minimum absolute atomic E-state index is 0.314. The first-order chi connectivity index (χ1) is 20.6. The number of rotatable bonds is 12. The van der Waals surface area contributed by atoms with Crippen LogP contribution in [0.5, 0.6) is 23.0 Å². The molecule has 42 heavy (non-hydrogen) atoms. The Morgan fingerprint density at radius 3 is 2.29 bits per heavy atom. The van der Waals surface area contributed by atoms with E-state index in [4.69, 9.17) is 24.0 Å². The lowest BCUT2D eigenvalue weighted by Gasteiger charge is -2.10. The van der Waals surface area contributed by atoms with Gasteiger partial charge < -0.3 is 24.3 Å². The number of carbonyl (C=O) groups excluding carboxylic acids is 1. The Morgan fingerprint density at radius 2 is 1.50 bits per heavy atom. The average Bonchev–Trinajstić information content (AvgIpc) is 3.37. The summed E-state index contributed by atoms with van der Waals surface area (Å²) in [7, 11) is 4.84. The van der Waals surface area contributed by atoms with Crippen molar-refractivity contribution in [1.82, 2.24) is 15.1 Å². The molecule has 9 nitrogen and oxygen atoms in total. The molecule has 0 bridgehead atoms. The van der Waals surface area contributed by atoms with Crippen LogP contribution in [0.15, 0.2) is 91.0 Å². The molecule has 0 atom stereocenters. The quantitative estimate of drug-likeness (QED) is 0.191. The van der Waals surface area contributed by atoms with Gasteiger partial charge in [-0.1, -0.05) is 48.5 Å². The van der Waals surface area contributed by atoms with Gasteiger partial charge in [0.1, 0.15) is 18.1 Å². The summed E-state index contributed by atoms with van der Waals surface area (Å²) in [6.07, 6.45) is 0.642. The van der Waals surface area contributed by atoms with E-state index < -0.39 is 0 Å². The summed E-state index contributed by atoms with van der Waals surface area (Å²) in [6.45, 7) is 1.46. The lowest BCUT2D eigenvalue weighted by molar-refractivity contribution is 0.252. The van der Waals surface area contributed by atoms with Crippen molar-refractivity contribution >= 4 is 22.8 Å². The van der Waals surface area contributed by atoms with Gasteiger partial charge in [-0.25, -0.2) is 4.79 Å². The van der Waals surface area contributed by atoms with Gasteiger partial charge >= 0.3 is 6.03 Å². The van der Waals surface area contributed by atoms with Gasteiger partial charge in [-0.15, -0.1) is 0 Å². The van der Waals surface area contributed by atoms with Crippen molar-refractivity contribution in [3.05, 3.63) is 108 Å². The minimum Gasteiger partial charge on any atom is -0.497 e. The van der Waals surface area contributed by atoms with Gasteiger partial charge in [0, 0.05) is 18.0 Å². The number of amides is 2. The van der Waals surface area contributed by atoms with E-state index in [-0.39, 0.29) is 6.03 Å². The van der Waals surface area contributed by atoms with E-state index in [0.717, 1.165) is 39.1 Å². The Kier molecular flexibility index (Phi) is 9.08. The minimum atomic E-state index is -0.314. The average molecular weight is 567 g/mol. The highest BCUT2D eigenvalue weighted by Gasteiger charge is 2.13. The molecule has 2 N–H and O–H groups in total. The number of aromatic nitrogens is 2. The third-order valence-corrected chi connectivity index (χ3v) is 6.84. The molecule has 0 aliphatic rings. The van der Waals surface area contributed by atoms with Gasteiger partial charge in [0.05, 0.1) is 33.4 Å². The van der Waals surface area contributed by atoms with Crippen LogP contribution in [0, 0.1) is 0 Å². The van der Waals surface area contributed by atoms with Crippen molar-refractivity contribution in [2.45, 2.75) is 19.6 Å². The van der Waals surface area contributed by atoms with Crippen molar-refractivity contribution in [3.63, 3.8) is 0 Å². The number of methoxy groups -OCH3 is 3. The SMILES string of the molecule is COc1cccc(OCc2ccc(Cn3nc(NC(=O)NCCc4ccc(OC)c(OC)c4)c4ccccc43)cc2)c1. The maximum atomic E-state index is 12.7. The Balaban J connectivity index is 1.19. The fourth-order valence-electron chi connectivity index (χ4n) is 4.62. The third kappa shape index (κ3) is 6.93. The fraction of sp³-hybridized carbons (Fsp3) is 0.212. The predicted octanol–water partition coefficient (Wildman–Crippen LogP) is 6.05. The summed E-state index contributed by atoms with van der Waals surface area (Å²) in [6, 6.07) is 29.0. The smallest absolute Gasteiger partial charge is 0.320 e. The number of anilines is 1. The lowest BCUT2D eigenvalue weighted by Crippen LogP contribution is -2.30. The summed E-state index contributed by atoms with van der Waals surface area (Å²) in [5.41, 5.74) is 4.10. The van der Waals surface area contributed by atoms with Crippen molar-refractivity contribution < 1.29 is 23.7 Å². The topological polar surface area (TPSA) is 95.9 Å². The van der Waals surface area contributed by atoms with E-state index in [1.807, 2.05) is 83.5 Å². The Labute approximate surface area is 245 Å². The van der Waals surface area contributed by atoms with E-state index in [1.165, 1.54) is 0 Å². The maximum absolute atomic E-state index is 12.7. The molecule has 0 radical (unpaired) electrons. The second kappa shape index (κ2) is 13.5. The van der Waals surface area contributed by atoms with Crippen LogP contribution < -0.4 is 29.6 Å². The molecule has 5 rings (SSSR count). The molecule has 0 saturated carbocycles. The molecule has 0 fully saturated rings. The van der Waals surface area contributed by atoms with Crippen molar-refractivity contribution in [3.8, 4) is 23.0 Å². The molecule has 4 aromatic carbocycles. The van der Waals surface area contributed by atoms with E-state index in [0.29, 0.717) is 43.4 Å². The molecule has 0 aliphatic heterocycles. The molecule has 0 aliphatic carbocycles. The number of ether oxygens (including phenoxy) is 4. The first kappa shape index (κ1) is 28.4. The number of fused-ring (bicyclic) bond motifs is 1. The van der Waals surface area contributed by atoms with Crippen molar-refractivity contribution in [1.29, 1.82) is 0 Å². The molecule has 0 spiro atoms. The number of nitrogens with one attached hydrogen (secondary N) is 2. The molecule has 1 aromatic heterocycles. The van der Waals surface area contributed by atoms with Gasteiger partial charge in [-0.05, 0) is 59.5 Å². The molecule has 2 amide bonds. The maximum Gasteiger partial charge on any atom is 0.320 e. The number of hydrogen-bond donors (Lipinski definition) is 2. The molecular weight excluding hydrogens is 532 g/mol. The molecule has 216 valence electrons. The van der Waals surface area contributed by atoms with Crippen LogP contribution in [0.25, 0.3) is 10.9 Å². The van der Waals surface area contributed by atoms with Gasteiger partial charge in [-0.2, -0.15) is 5.10 Å². The Hall–Kier alpha value is -5.18. The third-order valence-electron chi connectivity index (χ3n) is 6.84. The second-order valence-corrected chi connectivity index (χ2v) is 9.63. The van der Waals surface area contributed by atoms with Gasteiger partial charge in [0.2, 0.25) is 0 Å². The standard InChI is InChI=1S/C33H34N4O5/c1-39-26-7-6-8-27(20-26)42-22-25-13-11-24(12-14-25)21-37-29-10-5-4-9-28(29)32(36-37)35-33(38)34-18-17-23-15-16-30(40-2)31(19-23)41-3/h4-16,19-20H,17-18,21-22H2,1-3H3,(H2,34,35,36,38). The summed E-state index contributed by atoms with van der Waals surface area (Å²) >= 11 is 0. The van der Waals surface area contributed by atoms with Crippen LogP contribution in [0.2, 0.25) is 0 Å². The zero-order chi connectivity index (χ0) is 29.3. The summed E-state index contributed by atoms with van der Waals surface area (Å²) in [4.78, 5) is 12.7. The molecule has 0 unspecified atom stereocenters. The molecular formula is C33H34N4O5. The molecule has 1 heterocycles. The van der Waals surface area contributed by atoms with Crippen LogP contribution in [-0.2, 0) is 19.6 Å². The van der Waals surface area contributed by atoms with Gasteiger partial charge in [0.25, 0.3) is 0 Å². The predicted molar refractivity (Wildman–Crippen MR) is 163 cm³/mol. The van der Waals surface area contributed by atoms with Gasteiger partial charge in [0.15, 0.2) is 17.3 Å². The first-order valence-corrected chi connectivity index (χ1v) is 13.6. The fourth-order valence-corrected chi connectivity index (χ4v) is 4.62. The number of benzene rings is 4. The number of urea groups is 1. The molecule has 9 heteroatoms. The Bertz CT molecular complexity index is 1650. The zero-order valence-electron chi connectivity index (χ0n) is 23.9. The van der Waals surface area contributed by atoms with E-state index >= 15 is 0 Å². The van der Waals surface area contributed by atoms with Crippen LogP contribution in [0.4, 0.5) is 10.6 Å². The largest absolute Gasteiger partial charge is 0.497 e. The first-order valence-electron chi connectivity index (χ1n) is 13.6. The van der Waals surface area contributed by atoms with Crippen LogP contribution >= 0.6 is 0 Å². The number of hydrogen-bond acceptors (Lipinski definition) is 6. The number of para-hydroxylation sites is 1. The highest BCUT2D eigenvalue weighted by Crippen LogP contribution is 2.28. The number of carbonyl (C=O) groups is 1. The van der Waals surface area contributed by atoms with E-state index in [2.05, 4.69) is 22.8 Å². The zero-order valence-corrected chi connectivity index (χ0v) is 23.9. The van der Waals surface area contributed by atoms with Crippen molar-refractivity contribution in [2.24, 2.45) is 0 Å². The van der Waals surface area contributed by atoms with Crippen molar-refractivity contribution in [2.75, 3.05) is 33.2 Å². The monoisotopic (exact) mass is 566 g/mol. The van der Waals surface area contributed by atoms with E-state index in [9.17, 15) is 4.79 Å². The summed E-state index contributed by atoms with van der Waals surface area (Å²) < 4.78 is 23.7. The Morgan fingerprint density at radius 1 is 0.762 bits per heavy atom. The highest BCUT2D eigenvalue weighted by atomic mass is 16.5.